The van der Waals surface area contributed by atoms with Gasteiger partial charge < -0.3 is 14.8 Å². The van der Waals surface area contributed by atoms with E-state index in [2.05, 4.69) is 27.2 Å². The number of piperidine rings is 1. The number of anilines is 2. The van der Waals surface area contributed by atoms with Gasteiger partial charge >= 0.3 is 0 Å². The molecule has 0 spiro atoms. The number of aryl methyl sites for hydroxylation is 3. The van der Waals surface area contributed by atoms with Crippen molar-refractivity contribution in [2.24, 2.45) is 0 Å². The van der Waals surface area contributed by atoms with Crippen LogP contribution in [0.5, 0.6) is 0 Å². The average Bonchev–Trinajstić information content (AvgIpc) is 3.12. The normalized spacial score (nSPS) is 14.2. The van der Waals surface area contributed by atoms with Crippen molar-refractivity contribution in [1.29, 1.82) is 0 Å². The van der Waals surface area contributed by atoms with E-state index < -0.39 is 0 Å². The lowest BCUT2D eigenvalue weighted by Gasteiger charge is -2.27. The van der Waals surface area contributed by atoms with Crippen molar-refractivity contribution in [2.45, 2.75) is 59.0 Å². The Morgan fingerprint density at radius 1 is 1.13 bits per heavy atom. The zero-order chi connectivity index (χ0) is 21.8. The van der Waals surface area contributed by atoms with Crippen molar-refractivity contribution in [1.82, 2.24) is 19.3 Å². The molecule has 3 aromatic rings. The van der Waals surface area contributed by atoms with Crippen molar-refractivity contribution >= 4 is 28.6 Å². The average molecular weight is 423 g/mol. The molecule has 0 saturated carbocycles. The molecule has 1 aliphatic heterocycles. The molecule has 3 heterocycles. The van der Waals surface area contributed by atoms with Crippen LogP contribution in [0.25, 0.3) is 11.0 Å². The highest BCUT2D eigenvalue weighted by Crippen LogP contribution is 2.19. The van der Waals surface area contributed by atoms with Gasteiger partial charge in [0.2, 0.25) is 5.91 Å². The fourth-order valence-electron chi connectivity index (χ4n) is 4.16. The van der Waals surface area contributed by atoms with Crippen LogP contribution in [0.2, 0.25) is 0 Å². The summed E-state index contributed by atoms with van der Waals surface area (Å²) in [5, 5.41) is 7.38. The Balaban J connectivity index is 1.57. The largest absolute Gasteiger partial charge is 0.352 e. The molecule has 0 atom stereocenters. The van der Waals surface area contributed by atoms with E-state index in [1.54, 1.807) is 4.57 Å². The van der Waals surface area contributed by atoms with Crippen molar-refractivity contribution in [2.75, 3.05) is 23.3 Å². The topological polar surface area (TPSA) is 85.0 Å². The summed E-state index contributed by atoms with van der Waals surface area (Å²) in [4.78, 5) is 32.8. The number of nitrogens with one attached hydrogen (secondary N) is 1. The molecule has 1 fully saturated rings. The lowest BCUT2D eigenvalue weighted by molar-refractivity contribution is -0.116. The van der Waals surface area contributed by atoms with Gasteiger partial charge in [-0.3, -0.25) is 9.59 Å². The van der Waals surface area contributed by atoms with Crippen LogP contribution >= 0.6 is 0 Å². The van der Waals surface area contributed by atoms with Gasteiger partial charge in [0.1, 0.15) is 5.82 Å². The molecule has 4 rings (SSSR count). The van der Waals surface area contributed by atoms with Gasteiger partial charge in [-0.25, -0.2) is 9.67 Å². The molecule has 8 heteroatoms. The number of carbonyl (C=O) groups excluding carboxylic acids is 1. The monoisotopic (exact) mass is 422 g/mol. The summed E-state index contributed by atoms with van der Waals surface area (Å²) in [6.07, 6.45) is 4.46. The minimum Gasteiger partial charge on any atom is -0.352 e. The van der Waals surface area contributed by atoms with E-state index in [9.17, 15) is 9.59 Å². The van der Waals surface area contributed by atoms with Crippen LogP contribution in [-0.2, 0) is 17.9 Å². The highest BCUT2D eigenvalue weighted by Gasteiger charge is 2.19. The number of carbonyl (C=O) groups is 1. The number of para-hydroxylation sites is 2. The molecule has 0 unspecified atom stereocenters. The van der Waals surface area contributed by atoms with Gasteiger partial charge in [0.05, 0.1) is 16.7 Å². The Bertz CT molecular complexity index is 1130. The highest BCUT2D eigenvalue weighted by atomic mass is 16.2. The van der Waals surface area contributed by atoms with Gasteiger partial charge in [-0.05, 0) is 44.7 Å². The first kappa shape index (κ1) is 21.1. The Labute approximate surface area is 181 Å². The van der Waals surface area contributed by atoms with Gasteiger partial charge in [-0.15, -0.1) is 0 Å². The molecule has 1 aromatic carbocycles. The third-order valence-electron chi connectivity index (χ3n) is 5.66. The molecule has 0 bridgehead atoms. The molecule has 31 heavy (non-hydrogen) atoms. The minimum absolute atomic E-state index is 0.125. The second-order valence-corrected chi connectivity index (χ2v) is 8.12. The molecule has 164 valence electrons. The second kappa shape index (κ2) is 9.32. The van der Waals surface area contributed by atoms with E-state index in [4.69, 9.17) is 0 Å². The molecule has 2 aromatic heterocycles. The second-order valence-electron chi connectivity index (χ2n) is 8.12. The fraction of sp³-hybridized carbons (Fsp3) is 0.478. The van der Waals surface area contributed by atoms with Crippen LogP contribution in [0.3, 0.4) is 0 Å². The third kappa shape index (κ3) is 4.62. The minimum atomic E-state index is -0.135. The lowest BCUT2D eigenvalue weighted by atomic mass is 10.1. The van der Waals surface area contributed by atoms with Gasteiger partial charge in [0.25, 0.3) is 5.56 Å². The maximum absolute atomic E-state index is 13.3. The van der Waals surface area contributed by atoms with E-state index in [1.807, 2.05) is 41.9 Å². The van der Waals surface area contributed by atoms with E-state index in [0.717, 1.165) is 55.6 Å². The van der Waals surface area contributed by atoms with Crippen molar-refractivity contribution in [3.63, 3.8) is 0 Å². The quantitative estimate of drug-likeness (QED) is 0.631. The van der Waals surface area contributed by atoms with Crippen LogP contribution in [0.4, 0.5) is 11.6 Å². The van der Waals surface area contributed by atoms with Crippen LogP contribution in [0, 0.1) is 6.92 Å². The van der Waals surface area contributed by atoms with E-state index in [1.165, 1.54) is 6.42 Å². The Morgan fingerprint density at radius 2 is 1.90 bits per heavy atom. The van der Waals surface area contributed by atoms with Crippen molar-refractivity contribution in [3.05, 3.63) is 46.4 Å². The molecule has 1 amide bonds. The Morgan fingerprint density at radius 3 is 2.68 bits per heavy atom. The molecular weight excluding hydrogens is 392 g/mol. The van der Waals surface area contributed by atoms with E-state index in [-0.39, 0.29) is 17.9 Å². The Hall–Kier alpha value is -3.16. The number of amides is 1. The fourth-order valence-corrected chi connectivity index (χ4v) is 4.16. The third-order valence-corrected chi connectivity index (χ3v) is 5.66. The molecule has 0 aliphatic carbocycles. The highest BCUT2D eigenvalue weighted by molar-refractivity contribution is 5.90. The number of benzene rings is 1. The number of hydrogen-bond acceptors (Lipinski definition) is 5. The van der Waals surface area contributed by atoms with Gasteiger partial charge in [-0.1, -0.05) is 19.1 Å². The zero-order valence-electron chi connectivity index (χ0n) is 18.3. The SMILES string of the molecule is CCCn1nc(C)cc1NC(=O)CCn1c(=O)c(N2CCCCC2)nc2ccccc21. The summed E-state index contributed by atoms with van der Waals surface area (Å²) in [6, 6.07) is 9.50. The molecule has 8 nitrogen and oxygen atoms in total. The maximum Gasteiger partial charge on any atom is 0.294 e. The van der Waals surface area contributed by atoms with Gasteiger partial charge in [0, 0.05) is 38.7 Å². The smallest absolute Gasteiger partial charge is 0.294 e. The number of fused-ring (bicyclic) bond motifs is 1. The predicted molar refractivity (Wildman–Crippen MR) is 123 cm³/mol. The van der Waals surface area contributed by atoms with Crippen molar-refractivity contribution in [3.8, 4) is 0 Å². The standard InChI is InChI=1S/C23H30N6O2/c1-3-12-29-20(16-17(2)26-29)25-21(30)11-15-28-19-10-6-5-9-18(19)24-22(23(28)31)27-13-7-4-8-14-27/h5-6,9-10,16H,3-4,7-8,11-15H2,1-2H3,(H,25,30). The number of rotatable bonds is 7. The Kier molecular flexibility index (Phi) is 6.34. The molecule has 1 saturated heterocycles. The molecule has 1 N–H and O–H groups in total. The van der Waals surface area contributed by atoms with Crippen LogP contribution in [-0.4, -0.2) is 38.3 Å². The summed E-state index contributed by atoms with van der Waals surface area (Å²) < 4.78 is 3.51. The molecular formula is C23H30N6O2. The predicted octanol–water partition coefficient (Wildman–Crippen LogP) is 3.33. The first-order valence-electron chi connectivity index (χ1n) is 11.2. The first-order chi connectivity index (χ1) is 15.1. The lowest BCUT2D eigenvalue weighted by Crippen LogP contribution is -2.37. The number of nitrogens with zero attached hydrogens (tertiary/aromatic N) is 5. The summed E-state index contributed by atoms with van der Waals surface area (Å²) in [5.41, 5.74) is 2.28. The summed E-state index contributed by atoms with van der Waals surface area (Å²) in [6.45, 7) is 6.73. The van der Waals surface area contributed by atoms with E-state index in [0.29, 0.717) is 18.2 Å². The van der Waals surface area contributed by atoms with Gasteiger partial charge in [0.15, 0.2) is 5.82 Å². The summed E-state index contributed by atoms with van der Waals surface area (Å²) >= 11 is 0. The van der Waals surface area contributed by atoms with Crippen LogP contribution in [0.15, 0.2) is 35.1 Å². The van der Waals surface area contributed by atoms with Gasteiger partial charge in [-0.2, -0.15) is 5.10 Å². The summed E-state index contributed by atoms with van der Waals surface area (Å²) in [7, 11) is 0. The van der Waals surface area contributed by atoms with Crippen LogP contribution < -0.4 is 15.8 Å². The van der Waals surface area contributed by atoms with E-state index >= 15 is 0 Å². The number of hydrogen-bond donors (Lipinski definition) is 1. The molecule has 0 radical (unpaired) electrons. The number of aromatic nitrogens is 4. The maximum atomic E-state index is 13.3. The summed E-state index contributed by atoms with van der Waals surface area (Å²) in [5.74, 6) is 1.06. The first-order valence-corrected chi connectivity index (χ1v) is 11.2. The molecule has 1 aliphatic rings. The zero-order valence-corrected chi connectivity index (χ0v) is 18.3. The van der Waals surface area contributed by atoms with Crippen LogP contribution in [0.1, 0.15) is 44.7 Å². The van der Waals surface area contributed by atoms with Crippen molar-refractivity contribution < 1.29 is 4.79 Å².